The van der Waals surface area contributed by atoms with Gasteiger partial charge in [0.05, 0.1) is 5.56 Å². The molecular weight excluding hydrogens is 286 g/mol. The molecule has 1 aliphatic rings. The Morgan fingerprint density at radius 3 is 2.61 bits per heavy atom. The van der Waals surface area contributed by atoms with Crippen molar-refractivity contribution in [3.05, 3.63) is 54.4 Å². The Kier molecular flexibility index (Phi) is 5.03. The molecule has 1 aromatic heterocycles. The highest BCUT2D eigenvalue weighted by Crippen LogP contribution is 2.22. The van der Waals surface area contributed by atoms with Gasteiger partial charge in [-0.1, -0.05) is 30.3 Å². The molecule has 0 unspecified atom stereocenters. The molecule has 120 valence electrons. The number of nitrogens with one attached hydrogen (secondary N) is 1. The van der Waals surface area contributed by atoms with E-state index in [9.17, 15) is 4.79 Å². The zero-order valence-corrected chi connectivity index (χ0v) is 13.5. The van der Waals surface area contributed by atoms with Crippen LogP contribution in [0, 0.1) is 5.92 Å². The summed E-state index contributed by atoms with van der Waals surface area (Å²) in [6.45, 7) is 2.70. The van der Waals surface area contributed by atoms with Gasteiger partial charge in [-0.15, -0.1) is 0 Å². The van der Waals surface area contributed by atoms with Crippen molar-refractivity contribution in [3.63, 3.8) is 0 Å². The molecule has 4 heteroatoms. The van der Waals surface area contributed by atoms with Crippen LogP contribution in [0.1, 0.15) is 23.2 Å². The maximum atomic E-state index is 12.7. The van der Waals surface area contributed by atoms with Crippen LogP contribution in [0.25, 0.3) is 11.1 Å². The minimum absolute atomic E-state index is 0.0955. The quantitative estimate of drug-likeness (QED) is 0.944. The molecule has 0 aliphatic carbocycles. The van der Waals surface area contributed by atoms with Gasteiger partial charge in [0.2, 0.25) is 0 Å². The van der Waals surface area contributed by atoms with E-state index in [0.717, 1.165) is 43.6 Å². The lowest BCUT2D eigenvalue weighted by molar-refractivity contribution is 0.0690. The van der Waals surface area contributed by atoms with Gasteiger partial charge in [0.15, 0.2) is 0 Å². The number of nitrogens with zero attached hydrogens (tertiary/aromatic N) is 2. The van der Waals surface area contributed by atoms with Crippen molar-refractivity contribution in [2.75, 3.05) is 26.7 Å². The van der Waals surface area contributed by atoms with Crippen molar-refractivity contribution in [1.29, 1.82) is 0 Å². The van der Waals surface area contributed by atoms with Crippen molar-refractivity contribution in [2.45, 2.75) is 12.8 Å². The van der Waals surface area contributed by atoms with Crippen molar-refractivity contribution in [3.8, 4) is 11.1 Å². The summed E-state index contributed by atoms with van der Waals surface area (Å²) in [5, 5.41) is 3.23. The summed E-state index contributed by atoms with van der Waals surface area (Å²) in [5.74, 6) is 0.774. The van der Waals surface area contributed by atoms with Crippen LogP contribution in [-0.4, -0.2) is 42.5 Å². The molecule has 1 amide bonds. The van der Waals surface area contributed by atoms with Crippen LogP contribution in [0.15, 0.2) is 48.8 Å². The number of carbonyl (C=O) groups is 1. The number of hydrogen-bond acceptors (Lipinski definition) is 3. The molecule has 0 radical (unpaired) electrons. The van der Waals surface area contributed by atoms with E-state index in [0.29, 0.717) is 11.5 Å². The SMILES string of the molecule is CNCC1CCN(C(=O)c2cncc(-c3ccccc3)c2)CC1. The van der Waals surface area contributed by atoms with Crippen LogP contribution in [0.5, 0.6) is 0 Å². The third-order valence-corrected chi connectivity index (χ3v) is 4.49. The Bertz CT molecular complexity index is 649. The van der Waals surface area contributed by atoms with Gasteiger partial charge in [-0.25, -0.2) is 0 Å². The standard InChI is InChI=1S/C19H23N3O/c1-20-12-15-7-9-22(10-8-15)19(23)18-11-17(13-21-14-18)16-5-3-2-4-6-16/h2-6,11,13-15,20H,7-10,12H2,1H3. The second-order valence-electron chi connectivity index (χ2n) is 6.12. The number of piperidine rings is 1. The van der Waals surface area contributed by atoms with Crippen LogP contribution >= 0.6 is 0 Å². The predicted molar refractivity (Wildman–Crippen MR) is 92.2 cm³/mol. The smallest absolute Gasteiger partial charge is 0.255 e. The van der Waals surface area contributed by atoms with Gasteiger partial charge in [-0.2, -0.15) is 0 Å². The highest BCUT2D eigenvalue weighted by molar-refractivity contribution is 5.95. The van der Waals surface area contributed by atoms with E-state index in [1.165, 1.54) is 0 Å². The van der Waals surface area contributed by atoms with Crippen molar-refractivity contribution in [2.24, 2.45) is 5.92 Å². The molecule has 1 fully saturated rings. The maximum absolute atomic E-state index is 12.7. The molecule has 1 N–H and O–H groups in total. The third-order valence-electron chi connectivity index (χ3n) is 4.49. The minimum atomic E-state index is 0.0955. The molecule has 2 heterocycles. The molecule has 0 atom stereocenters. The molecule has 0 saturated carbocycles. The number of benzene rings is 1. The Morgan fingerprint density at radius 1 is 1.17 bits per heavy atom. The second-order valence-corrected chi connectivity index (χ2v) is 6.12. The van der Waals surface area contributed by atoms with Crippen molar-refractivity contribution in [1.82, 2.24) is 15.2 Å². The van der Waals surface area contributed by atoms with E-state index in [1.54, 1.807) is 6.20 Å². The number of pyridine rings is 1. The summed E-state index contributed by atoms with van der Waals surface area (Å²) in [4.78, 5) is 18.9. The molecule has 2 aromatic rings. The van der Waals surface area contributed by atoms with E-state index in [-0.39, 0.29) is 5.91 Å². The molecular formula is C19H23N3O. The summed E-state index contributed by atoms with van der Waals surface area (Å²) in [6, 6.07) is 12.0. The average Bonchev–Trinajstić information content (AvgIpc) is 2.63. The number of aromatic nitrogens is 1. The van der Waals surface area contributed by atoms with Crippen molar-refractivity contribution < 1.29 is 4.79 Å². The van der Waals surface area contributed by atoms with Gasteiger partial charge in [-0.3, -0.25) is 9.78 Å². The highest BCUT2D eigenvalue weighted by Gasteiger charge is 2.23. The minimum Gasteiger partial charge on any atom is -0.339 e. The maximum Gasteiger partial charge on any atom is 0.255 e. The van der Waals surface area contributed by atoms with Gasteiger partial charge in [-0.05, 0) is 44.0 Å². The van der Waals surface area contributed by atoms with Crippen LogP contribution in [0.2, 0.25) is 0 Å². The lowest BCUT2D eigenvalue weighted by Crippen LogP contribution is -2.40. The normalized spacial score (nSPS) is 15.6. The van der Waals surface area contributed by atoms with Crippen LogP contribution in [0.3, 0.4) is 0 Å². The summed E-state index contributed by atoms with van der Waals surface area (Å²) in [5.41, 5.74) is 2.75. The Morgan fingerprint density at radius 2 is 1.91 bits per heavy atom. The molecule has 1 saturated heterocycles. The first-order valence-electron chi connectivity index (χ1n) is 8.22. The largest absolute Gasteiger partial charge is 0.339 e. The first kappa shape index (κ1) is 15.7. The van der Waals surface area contributed by atoms with E-state index >= 15 is 0 Å². The fourth-order valence-electron chi connectivity index (χ4n) is 3.16. The van der Waals surface area contributed by atoms with Crippen LogP contribution in [-0.2, 0) is 0 Å². The first-order chi connectivity index (χ1) is 11.3. The fraction of sp³-hybridized carbons (Fsp3) is 0.368. The number of amides is 1. The van der Waals surface area contributed by atoms with Gasteiger partial charge < -0.3 is 10.2 Å². The summed E-state index contributed by atoms with van der Waals surface area (Å²) >= 11 is 0. The molecule has 3 rings (SSSR count). The molecule has 0 bridgehead atoms. The van der Waals surface area contributed by atoms with Crippen molar-refractivity contribution >= 4 is 5.91 Å². The topological polar surface area (TPSA) is 45.2 Å². The molecule has 0 spiro atoms. The lowest BCUT2D eigenvalue weighted by atomic mass is 9.96. The Labute approximate surface area is 137 Å². The fourth-order valence-corrected chi connectivity index (χ4v) is 3.16. The molecule has 4 nitrogen and oxygen atoms in total. The van der Waals surface area contributed by atoms with E-state index in [1.807, 2.05) is 54.5 Å². The predicted octanol–water partition coefficient (Wildman–Crippen LogP) is 2.82. The van der Waals surface area contributed by atoms with E-state index < -0.39 is 0 Å². The number of carbonyl (C=O) groups excluding carboxylic acids is 1. The third kappa shape index (κ3) is 3.77. The Hall–Kier alpha value is -2.20. The number of likely N-dealkylation sites (tertiary alicyclic amines) is 1. The molecule has 1 aromatic carbocycles. The monoisotopic (exact) mass is 309 g/mol. The van der Waals surface area contributed by atoms with Gasteiger partial charge in [0, 0.05) is 31.0 Å². The van der Waals surface area contributed by atoms with Gasteiger partial charge >= 0.3 is 0 Å². The van der Waals surface area contributed by atoms with E-state index in [2.05, 4.69) is 10.3 Å². The second kappa shape index (κ2) is 7.38. The van der Waals surface area contributed by atoms with Crippen LogP contribution in [0.4, 0.5) is 0 Å². The van der Waals surface area contributed by atoms with Gasteiger partial charge in [0.25, 0.3) is 5.91 Å². The highest BCUT2D eigenvalue weighted by atomic mass is 16.2. The number of rotatable bonds is 4. The zero-order valence-electron chi connectivity index (χ0n) is 13.5. The number of hydrogen-bond donors (Lipinski definition) is 1. The molecule has 23 heavy (non-hydrogen) atoms. The lowest BCUT2D eigenvalue weighted by Gasteiger charge is -2.32. The summed E-state index contributed by atoms with van der Waals surface area (Å²) in [7, 11) is 1.98. The summed E-state index contributed by atoms with van der Waals surface area (Å²) in [6.07, 6.45) is 5.62. The summed E-state index contributed by atoms with van der Waals surface area (Å²) < 4.78 is 0. The zero-order chi connectivity index (χ0) is 16.1. The van der Waals surface area contributed by atoms with E-state index in [4.69, 9.17) is 0 Å². The average molecular weight is 309 g/mol. The van der Waals surface area contributed by atoms with Gasteiger partial charge in [0.1, 0.15) is 0 Å². The first-order valence-corrected chi connectivity index (χ1v) is 8.22. The van der Waals surface area contributed by atoms with Crippen LogP contribution < -0.4 is 5.32 Å². The Balaban J connectivity index is 1.71. The molecule has 1 aliphatic heterocycles.